The first-order chi connectivity index (χ1) is 13.4. The second-order valence-corrected chi connectivity index (χ2v) is 10.1. The summed E-state index contributed by atoms with van der Waals surface area (Å²) in [5.74, 6) is -1.24. The second kappa shape index (κ2) is 9.19. The number of piperazine rings is 1. The molecule has 2 rings (SSSR count). The normalized spacial score (nSPS) is 16.4. The molecule has 0 bridgehead atoms. The topological polar surface area (TPSA) is 90.0 Å². The molecule has 0 aliphatic carbocycles. The van der Waals surface area contributed by atoms with Crippen molar-refractivity contribution < 1.29 is 22.4 Å². The van der Waals surface area contributed by atoms with Crippen molar-refractivity contribution in [3.05, 3.63) is 30.1 Å². The first-order valence-corrected chi connectivity index (χ1v) is 10.9. The SMILES string of the molecule is CN(CC(=O)NC(C)(C)C)C(=O)CN1CCN(S(=O)(=O)c2ccccc2F)CC1. The number of amides is 2. The molecule has 1 aliphatic rings. The number of carbonyl (C=O) groups excluding carboxylic acids is 2. The van der Waals surface area contributed by atoms with Crippen LogP contribution in [0.3, 0.4) is 0 Å². The van der Waals surface area contributed by atoms with Crippen molar-refractivity contribution in [1.29, 1.82) is 0 Å². The fourth-order valence-corrected chi connectivity index (χ4v) is 4.48. The summed E-state index contributed by atoms with van der Waals surface area (Å²) in [6.07, 6.45) is 0. The number of nitrogens with zero attached hydrogens (tertiary/aromatic N) is 3. The molecule has 8 nitrogen and oxygen atoms in total. The summed E-state index contributed by atoms with van der Waals surface area (Å²) in [7, 11) is -2.35. The zero-order valence-electron chi connectivity index (χ0n) is 17.3. The molecular formula is C19H29FN4O4S. The van der Waals surface area contributed by atoms with Gasteiger partial charge in [-0.2, -0.15) is 4.31 Å². The van der Waals surface area contributed by atoms with Crippen molar-refractivity contribution in [2.75, 3.05) is 46.3 Å². The molecule has 0 aromatic heterocycles. The van der Waals surface area contributed by atoms with Crippen LogP contribution in [0.15, 0.2) is 29.2 Å². The Hall–Kier alpha value is -2.04. The summed E-state index contributed by atoms with van der Waals surface area (Å²) < 4.78 is 40.4. The van der Waals surface area contributed by atoms with E-state index in [1.165, 1.54) is 27.4 Å². The highest BCUT2D eigenvalue weighted by Gasteiger charge is 2.31. The average molecular weight is 429 g/mol. The van der Waals surface area contributed by atoms with Crippen LogP contribution >= 0.6 is 0 Å². The van der Waals surface area contributed by atoms with E-state index >= 15 is 0 Å². The van der Waals surface area contributed by atoms with Gasteiger partial charge in [-0.3, -0.25) is 14.5 Å². The molecule has 1 fully saturated rings. The van der Waals surface area contributed by atoms with Crippen LogP contribution in [-0.2, 0) is 19.6 Å². The molecule has 0 unspecified atom stereocenters. The summed E-state index contributed by atoms with van der Waals surface area (Å²) in [4.78, 5) is 27.2. The first kappa shape index (κ1) is 23.2. The molecule has 2 amide bonds. The number of halogens is 1. The number of rotatable bonds is 6. The van der Waals surface area contributed by atoms with Crippen molar-refractivity contribution in [2.24, 2.45) is 0 Å². The molecule has 10 heteroatoms. The Morgan fingerprint density at radius 3 is 2.28 bits per heavy atom. The highest BCUT2D eigenvalue weighted by molar-refractivity contribution is 7.89. The van der Waals surface area contributed by atoms with Crippen LogP contribution in [0.1, 0.15) is 20.8 Å². The fourth-order valence-electron chi connectivity index (χ4n) is 2.99. The number of carbonyl (C=O) groups is 2. The van der Waals surface area contributed by atoms with E-state index in [2.05, 4.69) is 5.32 Å². The molecule has 1 heterocycles. The molecule has 1 aromatic carbocycles. The Labute approximate surface area is 171 Å². The van der Waals surface area contributed by atoms with Gasteiger partial charge in [0.2, 0.25) is 21.8 Å². The summed E-state index contributed by atoms with van der Waals surface area (Å²) in [5, 5.41) is 2.80. The molecular weight excluding hydrogens is 399 g/mol. The number of likely N-dealkylation sites (N-methyl/N-ethyl adjacent to an activating group) is 1. The van der Waals surface area contributed by atoms with Crippen LogP contribution in [0.25, 0.3) is 0 Å². The molecule has 1 aromatic rings. The largest absolute Gasteiger partial charge is 0.350 e. The van der Waals surface area contributed by atoms with Gasteiger partial charge in [0.1, 0.15) is 10.7 Å². The summed E-state index contributed by atoms with van der Waals surface area (Å²) in [6.45, 7) is 6.66. The lowest BCUT2D eigenvalue weighted by Gasteiger charge is -2.34. The van der Waals surface area contributed by atoms with Crippen LogP contribution in [0.5, 0.6) is 0 Å². The van der Waals surface area contributed by atoms with Gasteiger partial charge in [-0.1, -0.05) is 12.1 Å². The van der Waals surface area contributed by atoms with Crippen LogP contribution in [-0.4, -0.2) is 86.2 Å². The predicted molar refractivity (Wildman–Crippen MR) is 107 cm³/mol. The van der Waals surface area contributed by atoms with Crippen molar-refractivity contribution in [3.8, 4) is 0 Å². The van der Waals surface area contributed by atoms with Gasteiger partial charge in [0.25, 0.3) is 0 Å². The zero-order valence-corrected chi connectivity index (χ0v) is 18.1. The van der Waals surface area contributed by atoms with E-state index in [-0.39, 0.29) is 48.4 Å². The minimum absolute atomic E-state index is 0.0439. The van der Waals surface area contributed by atoms with Gasteiger partial charge < -0.3 is 10.2 Å². The predicted octanol–water partition coefficient (Wildman–Crippen LogP) is 0.505. The van der Waals surface area contributed by atoms with Crippen LogP contribution in [0.4, 0.5) is 4.39 Å². The molecule has 1 N–H and O–H groups in total. The van der Waals surface area contributed by atoms with Gasteiger partial charge in [0.15, 0.2) is 0 Å². The van der Waals surface area contributed by atoms with E-state index in [4.69, 9.17) is 0 Å². The number of sulfonamides is 1. The number of nitrogens with one attached hydrogen (secondary N) is 1. The molecule has 162 valence electrons. The Balaban J connectivity index is 1.87. The van der Waals surface area contributed by atoms with Gasteiger partial charge >= 0.3 is 0 Å². The molecule has 1 aliphatic heterocycles. The molecule has 29 heavy (non-hydrogen) atoms. The quantitative estimate of drug-likeness (QED) is 0.713. The van der Waals surface area contributed by atoms with E-state index in [1.54, 1.807) is 7.05 Å². The summed E-state index contributed by atoms with van der Waals surface area (Å²) in [6, 6.07) is 5.29. The monoisotopic (exact) mass is 428 g/mol. The Kier molecular flexibility index (Phi) is 7.36. The number of hydrogen-bond donors (Lipinski definition) is 1. The van der Waals surface area contributed by atoms with Crippen LogP contribution < -0.4 is 5.32 Å². The molecule has 0 atom stereocenters. The number of hydrogen-bond acceptors (Lipinski definition) is 5. The van der Waals surface area contributed by atoms with Gasteiger partial charge in [-0.25, -0.2) is 12.8 Å². The van der Waals surface area contributed by atoms with Gasteiger partial charge in [0, 0.05) is 38.8 Å². The third-order valence-electron chi connectivity index (χ3n) is 4.47. The summed E-state index contributed by atoms with van der Waals surface area (Å²) >= 11 is 0. The van der Waals surface area contributed by atoms with Crippen molar-refractivity contribution in [3.63, 3.8) is 0 Å². The molecule has 0 spiro atoms. The fraction of sp³-hybridized carbons (Fsp3) is 0.579. The van der Waals surface area contributed by atoms with E-state index in [9.17, 15) is 22.4 Å². The van der Waals surface area contributed by atoms with Crippen molar-refractivity contribution in [2.45, 2.75) is 31.2 Å². The van der Waals surface area contributed by atoms with E-state index < -0.39 is 15.8 Å². The minimum atomic E-state index is -3.91. The average Bonchev–Trinajstić information content (AvgIpc) is 2.60. The maximum atomic E-state index is 13.9. The standard InChI is InChI=1S/C19H29FN4O4S/c1-19(2,3)21-17(25)13-22(4)18(26)14-23-9-11-24(12-10-23)29(27,28)16-8-6-5-7-15(16)20/h5-8H,9-14H2,1-4H3,(H,21,25). The van der Waals surface area contributed by atoms with Crippen LogP contribution in [0.2, 0.25) is 0 Å². The van der Waals surface area contributed by atoms with Gasteiger partial charge in [-0.05, 0) is 32.9 Å². The van der Waals surface area contributed by atoms with E-state index in [1.807, 2.05) is 25.7 Å². The lowest BCUT2D eigenvalue weighted by atomic mass is 10.1. The third kappa shape index (κ3) is 6.48. The highest BCUT2D eigenvalue weighted by atomic mass is 32.2. The van der Waals surface area contributed by atoms with Crippen LogP contribution in [0, 0.1) is 5.82 Å². The highest BCUT2D eigenvalue weighted by Crippen LogP contribution is 2.20. The Morgan fingerprint density at radius 2 is 1.72 bits per heavy atom. The van der Waals surface area contributed by atoms with Gasteiger partial charge in [0.05, 0.1) is 13.1 Å². The maximum Gasteiger partial charge on any atom is 0.246 e. The minimum Gasteiger partial charge on any atom is -0.350 e. The smallest absolute Gasteiger partial charge is 0.246 e. The third-order valence-corrected chi connectivity index (χ3v) is 6.40. The Morgan fingerprint density at radius 1 is 1.14 bits per heavy atom. The lowest BCUT2D eigenvalue weighted by molar-refractivity contribution is -0.136. The maximum absolute atomic E-state index is 13.9. The first-order valence-electron chi connectivity index (χ1n) is 9.42. The summed E-state index contributed by atoms with van der Waals surface area (Å²) in [5.41, 5.74) is -0.374. The van der Waals surface area contributed by atoms with Crippen molar-refractivity contribution in [1.82, 2.24) is 19.4 Å². The Bertz CT molecular complexity index is 846. The van der Waals surface area contributed by atoms with E-state index in [0.29, 0.717) is 13.1 Å². The second-order valence-electron chi connectivity index (χ2n) is 8.16. The molecule has 0 radical (unpaired) electrons. The zero-order chi connectivity index (χ0) is 21.8. The molecule has 0 saturated carbocycles. The number of benzene rings is 1. The lowest BCUT2D eigenvalue weighted by Crippen LogP contribution is -2.52. The van der Waals surface area contributed by atoms with E-state index in [0.717, 1.165) is 6.07 Å². The molecule has 1 saturated heterocycles. The van der Waals surface area contributed by atoms with Gasteiger partial charge in [-0.15, -0.1) is 0 Å². The van der Waals surface area contributed by atoms with Crippen molar-refractivity contribution >= 4 is 21.8 Å².